The maximum absolute atomic E-state index is 12.2. The minimum absolute atomic E-state index is 0.202. The largest absolute Gasteiger partial charge is 0.354 e. The second kappa shape index (κ2) is 4.35. The van der Waals surface area contributed by atoms with E-state index in [1.54, 1.807) is 6.33 Å². The van der Waals surface area contributed by atoms with Gasteiger partial charge in [0.25, 0.3) is 0 Å². The number of hydrogen-bond acceptors (Lipinski definition) is 4. The van der Waals surface area contributed by atoms with Crippen molar-refractivity contribution in [1.82, 2.24) is 25.0 Å². The summed E-state index contributed by atoms with van der Waals surface area (Å²) >= 11 is 0. The number of nitrogens with one attached hydrogen (secondary N) is 1. The minimum atomic E-state index is -0.288. The molecule has 1 amide bonds. The average molecular weight is 249 g/mol. The first-order valence-electron chi connectivity index (χ1n) is 6.59. The Hall–Kier alpha value is -1.43. The molecule has 98 valence electrons. The molecule has 6 heteroatoms. The molecule has 2 fully saturated rings. The molecule has 2 saturated heterocycles. The summed E-state index contributed by atoms with van der Waals surface area (Å²) in [7, 11) is 1.94. The monoisotopic (exact) mass is 249 g/mol. The van der Waals surface area contributed by atoms with Crippen molar-refractivity contribution in [3.63, 3.8) is 0 Å². The first kappa shape index (κ1) is 11.6. The summed E-state index contributed by atoms with van der Waals surface area (Å²) in [5, 5.41) is 11.0. The van der Waals surface area contributed by atoms with Crippen LogP contribution in [0.1, 0.15) is 31.5 Å². The number of nitrogens with zero attached hydrogens (tertiary/aromatic N) is 4. The number of hydrogen-bond donors (Lipinski definition) is 1. The molecular weight excluding hydrogens is 230 g/mol. The smallest absolute Gasteiger partial charge is 0.240 e. The third-order valence-electron chi connectivity index (χ3n) is 4.24. The molecule has 6 nitrogen and oxygen atoms in total. The molecule has 18 heavy (non-hydrogen) atoms. The van der Waals surface area contributed by atoms with E-state index in [1.807, 2.05) is 11.6 Å². The Morgan fingerprint density at radius 3 is 3.00 bits per heavy atom. The van der Waals surface area contributed by atoms with Crippen LogP contribution in [0.3, 0.4) is 0 Å². The Bertz CT molecular complexity index is 457. The van der Waals surface area contributed by atoms with Gasteiger partial charge in [-0.3, -0.25) is 9.69 Å². The van der Waals surface area contributed by atoms with Gasteiger partial charge in [-0.15, -0.1) is 10.2 Å². The van der Waals surface area contributed by atoms with Crippen LogP contribution < -0.4 is 5.32 Å². The van der Waals surface area contributed by atoms with Crippen molar-refractivity contribution >= 4 is 5.91 Å². The molecule has 0 aliphatic carbocycles. The summed E-state index contributed by atoms with van der Waals surface area (Å²) < 4.78 is 1.92. The summed E-state index contributed by atoms with van der Waals surface area (Å²) in [5.41, 5.74) is -0.288. The maximum Gasteiger partial charge on any atom is 0.240 e. The zero-order valence-corrected chi connectivity index (χ0v) is 10.7. The highest BCUT2D eigenvalue weighted by Gasteiger charge is 2.48. The van der Waals surface area contributed by atoms with Crippen molar-refractivity contribution < 1.29 is 4.79 Å². The van der Waals surface area contributed by atoms with Gasteiger partial charge in [0.05, 0.1) is 6.54 Å². The highest BCUT2D eigenvalue weighted by atomic mass is 16.2. The molecule has 0 aromatic carbocycles. The molecule has 1 unspecified atom stereocenters. The molecule has 1 aromatic rings. The quantitative estimate of drug-likeness (QED) is 0.805. The van der Waals surface area contributed by atoms with Gasteiger partial charge < -0.3 is 9.88 Å². The van der Waals surface area contributed by atoms with Gasteiger partial charge in [0.15, 0.2) is 0 Å². The third-order valence-corrected chi connectivity index (χ3v) is 4.24. The third kappa shape index (κ3) is 1.71. The van der Waals surface area contributed by atoms with Crippen LogP contribution in [-0.4, -0.2) is 44.2 Å². The molecule has 0 bridgehead atoms. The van der Waals surface area contributed by atoms with Crippen molar-refractivity contribution in [2.45, 2.75) is 37.8 Å². The number of carbonyl (C=O) groups is 1. The van der Waals surface area contributed by atoms with E-state index in [2.05, 4.69) is 20.4 Å². The Morgan fingerprint density at radius 2 is 2.28 bits per heavy atom. The summed E-state index contributed by atoms with van der Waals surface area (Å²) in [5.74, 6) is 1.13. The fraction of sp³-hybridized carbons (Fsp3) is 0.750. The molecule has 1 atom stereocenters. The summed E-state index contributed by atoms with van der Waals surface area (Å²) in [6.45, 7) is 2.50. The van der Waals surface area contributed by atoms with E-state index in [4.69, 9.17) is 0 Å². The van der Waals surface area contributed by atoms with Crippen LogP contribution in [0.2, 0.25) is 0 Å². The minimum Gasteiger partial charge on any atom is -0.354 e. The number of aromatic nitrogens is 3. The van der Waals surface area contributed by atoms with E-state index in [9.17, 15) is 4.79 Å². The van der Waals surface area contributed by atoms with Gasteiger partial charge in [-0.25, -0.2) is 0 Å². The van der Waals surface area contributed by atoms with Crippen molar-refractivity contribution in [3.8, 4) is 0 Å². The normalized spacial score (nSPS) is 28.8. The predicted octanol–water partition coefficient (Wildman–Crippen LogP) is 0.0597. The van der Waals surface area contributed by atoms with Crippen LogP contribution in [0.4, 0.5) is 0 Å². The molecule has 1 N–H and O–H groups in total. The summed E-state index contributed by atoms with van der Waals surface area (Å²) in [4.78, 5) is 14.5. The zero-order valence-electron chi connectivity index (χ0n) is 10.7. The second-order valence-corrected chi connectivity index (χ2v) is 5.27. The summed E-state index contributed by atoms with van der Waals surface area (Å²) in [6, 6.07) is 0. The van der Waals surface area contributed by atoms with E-state index in [1.165, 1.54) is 0 Å². The highest BCUT2D eigenvalue weighted by Crippen LogP contribution is 2.36. The van der Waals surface area contributed by atoms with Gasteiger partial charge in [0, 0.05) is 13.6 Å². The van der Waals surface area contributed by atoms with Crippen LogP contribution in [0, 0.1) is 0 Å². The molecule has 2 aliphatic rings. The van der Waals surface area contributed by atoms with Crippen LogP contribution in [0.5, 0.6) is 0 Å². The molecular formula is C12H19N5O. The van der Waals surface area contributed by atoms with E-state index < -0.39 is 0 Å². The number of aryl methyl sites for hydroxylation is 1. The average Bonchev–Trinajstić information content (AvgIpc) is 2.93. The topological polar surface area (TPSA) is 63.1 Å². The highest BCUT2D eigenvalue weighted by molar-refractivity contribution is 5.87. The summed E-state index contributed by atoms with van der Waals surface area (Å²) in [6.07, 6.45) is 5.80. The first-order chi connectivity index (χ1) is 8.72. The van der Waals surface area contributed by atoms with Gasteiger partial charge in [-0.2, -0.15) is 0 Å². The molecule has 2 aliphatic heterocycles. The number of carbonyl (C=O) groups excluding carboxylic acids is 1. The lowest BCUT2D eigenvalue weighted by Crippen LogP contribution is -2.58. The molecule has 3 rings (SSSR count). The standard InChI is InChI=1S/C12H19N5O/c1-16-9-14-15-10(16)8-17-7-3-5-12(17)4-2-6-13-11(12)18/h9H,2-8H2,1H3,(H,13,18). The lowest BCUT2D eigenvalue weighted by atomic mass is 9.86. The SMILES string of the molecule is Cn1cnnc1CN1CCCC12CCCNC2=O. The number of rotatable bonds is 2. The molecule has 1 aromatic heterocycles. The lowest BCUT2D eigenvalue weighted by Gasteiger charge is -2.39. The Kier molecular flexibility index (Phi) is 2.81. The van der Waals surface area contributed by atoms with Crippen LogP contribution in [-0.2, 0) is 18.4 Å². The first-order valence-corrected chi connectivity index (χ1v) is 6.59. The second-order valence-electron chi connectivity index (χ2n) is 5.27. The Balaban J connectivity index is 1.82. The molecule has 0 saturated carbocycles. The van der Waals surface area contributed by atoms with Gasteiger partial charge in [0.1, 0.15) is 17.7 Å². The van der Waals surface area contributed by atoms with Gasteiger partial charge in [-0.05, 0) is 32.2 Å². The zero-order chi connectivity index (χ0) is 12.6. The molecule has 1 spiro atoms. The fourth-order valence-electron chi connectivity index (χ4n) is 3.19. The van der Waals surface area contributed by atoms with Crippen molar-refractivity contribution in [1.29, 1.82) is 0 Å². The number of piperidine rings is 1. The maximum atomic E-state index is 12.2. The van der Waals surface area contributed by atoms with Gasteiger partial charge in [-0.1, -0.05) is 0 Å². The lowest BCUT2D eigenvalue weighted by molar-refractivity contribution is -0.135. The van der Waals surface area contributed by atoms with Crippen LogP contribution in [0.25, 0.3) is 0 Å². The number of likely N-dealkylation sites (tertiary alicyclic amines) is 1. The Morgan fingerprint density at radius 1 is 1.44 bits per heavy atom. The molecule has 3 heterocycles. The van der Waals surface area contributed by atoms with E-state index in [0.717, 1.165) is 44.6 Å². The van der Waals surface area contributed by atoms with Crippen molar-refractivity contribution in [3.05, 3.63) is 12.2 Å². The van der Waals surface area contributed by atoms with Crippen LogP contribution >= 0.6 is 0 Å². The predicted molar refractivity (Wildman–Crippen MR) is 65.6 cm³/mol. The van der Waals surface area contributed by atoms with E-state index in [-0.39, 0.29) is 11.4 Å². The Labute approximate surface area is 106 Å². The molecule has 0 radical (unpaired) electrons. The van der Waals surface area contributed by atoms with Crippen LogP contribution in [0.15, 0.2) is 6.33 Å². The fourth-order valence-corrected chi connectivity index (χ4v) is 3.19. The van der Waals surface area contributed by atoms with Gasteiger partial charge >= 0.3 is 0 Å². The van der Waals surface area contributed by atoms with Gasteiger partial charge in [0.2, 0.25) is 5.91 Å². The van der Waals surface area contributed by atoms with E-state index in [0.29, 0.717) is 6.54 Å². The van der Waals surface area contributed by atoms with E-state index >= 15 is 0 Å². The number of amides is 1. The van der Waals surface area contributed by atoms with Crippen molar-refractivity contribution in [2.24, 2.45) is 7.05 Å². The van der Waals surface area contributed by atoms with Crippen molar-refractivity contribution in [2.75, 3.05) is 13.1 Å².